The van der Waals surface area contributed by atoms with Crippen LogP contribution < -0.4 is 11.1 Å². The van der Waals surface area contributed by atoms with Gasteiger partial charge in [-0.1, -0.05) is 11.6 Å². The summed E-state index contributed by atoms with van der Waals surface area (Å²) in [6.45, 7) is 1.77. The van der Waals surface area contributed by atoms with Crippen LogP contribution in [0, 0.1) is 17.0 Å². The number of carbonyl (C=O) groups excluding carboxylic acids is 1. The normalized spacial score (nSPS) is 10.2. The van der Waals surface area contributed by atoms with Gasteiger partial charge in [-0.2, -0.15) is 0 Å². The first-order valence-electron chi connectivity index (χ1n) is 6.00. The molecule has 2 rings (SSSR count). The molecule has 0 bridgehead atoms. The Balaban J connectivity index is 2.31. The molecule has 0 unspecified atom stereocenters. The highest BCUT2D eigenvalue weighted by atomic mass is 35.5. The Morgan fingerprint density at radius 2 is 2.00 bits per heavy atom. The number of hydrogen-bond donors (Lipinski definition) is 2. The Hall–Kier alpha value is -2.60. The molecule has 0 atom stereocenters. The van der Waals surface area contributed by atoms with Crippen LogP contribution in [-0.2, 0) is 0 Å². The van der Waals surface area contributed by atoms with Crippen molar-refractivity contribution < 1.29 is 9.72 Å². The molecule has 0 aliphatic rings. The van der Waals surface area contributed by atoms with Crippen LogP contribution in [0.25, 0.3) is 0 Å². The van der Waals surface area contributed by atoms with E-state index in [2.05, 4.69) is 5.32 Å². The van der Waals surface area contributed by atoms with Crippen LogP contribution in [0.15, 0.2) is 36.4 Å². The third kappa shape index (κ3) is 3.29. The molecule has 2 aromatic carbocycles. The summed E-state index contributed by atoms with van der Waals surface area (Å²) >= 11 is 5.72. The minimum atomic E-state index is -0.601. The predicted octanol–water partition coefficient (Wildman–Crippen LogP) is 3.39. The smallest absolute Gasteiger partial charge is 0.294 e. The lowest BCUT2D eigenvalue weighted by Gasteiger charge is -2.08. The van der Waals surface area contributed by atoms with Crippen LogP contribution in [0.5, 0.6) is 0 Å². The number of rotatable bonds is 3. The van der Waals surface area contributed by atoms with Crippen molar-refractivity contribution in [2.45, 2.75) is 6.92 Å². The summed E-state index contributed by atoms with van der Waals surface area (Å²) in [5, 5.41) is 13.7. The zero-order valence-corrected chi connectivity index (χ0v) is 11.8. The maximum Gasteiger partial charge on any atom is 0.294 e. The number of nitro benzene ring substituents is 1. The number of hydrogen-bond acceptors (Lipinski definition) is 4. The van der Waals surface area contributed by atoms with E-state index in [-0.39, 0.29) is 16.4 Å². The second kappa shape index (κ2) is 5.80. The average molecular weight is 306 g/mol. The highest BCUT2D eigenvalue weighted by Gasteiger charge is 2.17. The van der Waals surface area contributed by atoms with Gasteiger partial charge in [-0.3, -0.25) is 14.9 Å². The van der Waals surface area contributed by atoms with Crippen LogP contribution in [-0.4, -0.2) is 10.8 Å². The Morgan fingerprint density at radius 3 is 2.62 bits per heavy atom. The standard InChI is InChI=1S/C14H12ClN3O3/c1-8-6-9(2-4-11(8)16)14(19)17-12-5-3-10(15)7-13(12)18(20)21/h2-7H,16H2,1H3,(H,17,19). The Bertz CT molecular complexity index is 731. The van der Waals surface area contributed by atoms with Gasteiger partial charge in [0.2, 0.25) is 0 Å². The minimum absolute atomic E-state index is 0.0869. The first kappa shape index (κ1) is 14.8. The van der Waals surface area contributed by atoms with E-state index in [1.165, 1.54) is 18.2 Å². The number of aryl methyl sites for hydroxylation is 1. The molecule has 3 N–H and O–H groups in total. The van der Waals surface area contributed by atoms with E-state index in [0.29, 0.717) is 11.3 Å². The SMILES string of the molecule is Cc1cc(C(=O)Nc2ccc(Cl)cc2[N+](=O)[O-])ccc1N. The molecular formula is C14H12ClN3O3. The number of amides is 1. The molecule has 2 aromatic rings. The van der Waals surface area contributed by atoms with E-state index >= 15 is 0 Å². The Labute approximate surface area is 125 Å². The molecular weight excluding hydrogens is 294 g/mol. The van der Waals surface area contributed by atoms with Gasteiger partial charge in [0.25, 0.3) is 11.6 Å². The van der Waals surface area contributed by atoms with Crippen molar-refractivity contribution in [2.75, 3.05) is 11.1 Å². The number of carbonyl (C=O) groups is 1. The van der Waals surface area contributed by atoms with Crippen molar-refractivity contribution in [1.82, 2.24) is 0 Å². The minimum Gasteiger partial charge on any atom is -0.399 e. The van der Waals surface area contributed by atoms with Gasteiger partial charge >= 0.3 is 0 Å². The number of nitrogens with two attached hydrogens (primary N) is 1. The maximum absolute atomic E-state index is 12.1. The first-order valence-corrected chi connectivity index (χ1v) is 6.37. The van der Waals surface area contributed by atoms with E-state index in [0.717, 1.165) is 5.56 Å². The van der Waals surface area contributed by atoms with Crippen molar-refractivity contribution in [3.05, 3.63) is 62.7 Å². The highest BCUT2D eigenvalue weighted by Crippen LogP contribution is 2.28. The van der Waals surface area contributed by atoms with Gasteiger partial charge in [0.1, 0.15) is 5.69 Å². The van der Waals surface area contributed by atoms with Crippen molar-refractivity contribution in [1.29, 1.82) is 0 Å². The van der Waals surface area contributed by atoms with Crippen molar-refractivity contribution >= 4 is 34.6 Å². The van der Waals surface area contributed by atoms with Gasteiger partial charge in [0.15, 0.2) is 0 Å². The summed E-state index contributed by atoms with van der Waals surface area (Å²) in [7, 11) is 0. The molecule has 21 heavy (non-hydrogen) atoms. The fourth-order valence-electron chi connectivity index (χ4n) is 1.77. The van der Waals surface area contributed by atoms with Crippen LogP contribution in [0.3, 0.4) is 0 Å². The van der Waals surface area contributed by atoms with Crippen molar-refractivity contribution in [2.24, 2.45) is 0 Å². The lowest BCUT2D eigenvalue weighted by molar-refractivity contribution is -0.383. The molecule has 0 aromatic heterocycles. The van der Waals surface area contributed by atoms with Crippen molar-refractivity contribution in [3.8, 4) is 0 Å². The Kier molecular flexibility index (Phi) is 4.09. The van der Waals surface area contributed by atoms with Crippen LogP contribution in [0.1, 0.15) is 15.9 Å². The maximum atomic E-state index is 12.1. The fraction of sp³-hybridized carbons (Fsp3) is 0.0714. The molecule has 0 aliphatic carbocycles. The zero-order valence-electron chi connectivity index (χ0n) is 11.1. The van der Waals surface area contributed by atoms with E-state index in [1.807, 2.05) is 0 Å². The first-order chi connectivity index (χ1) is 9.88. The third-order valence-corrected chi connectivity index (χ3v) is 3.17. The van der Waals surface area contributed by atoms with Gasteiger partial charge in [0.05, 0.1) is 4.92 Å². The molecule has 0 spiro atoms. The van der Waals surface area contributed by atoms with Gasteiger partial charge in [-0.05, 0) is 42.8 Å². The highest BCUT2D eigenvalue weighted by molar-refractivity contribution is 6.31. The number of nitro groups is 1. The number of halogens is 1. The van der Waals surface area contributed by atoms with Crippen LogP contribution in [0.2, 0.25) is 5.02 Å². The van der Waals surface area contributed by atoms with E-state index < -0.39 is 10.8 Å². The van der Waals surface area contributed by atoms with E-state index in [9.17, 15) is 14.9 Å². The average Bonchev–Trinajstić information content (AvgIpc) is 2.43. The summed E-state index contributed by atoms with van der Waals surface area (Å²) in [5.74, 6) is -0.455. The van der Waals surface area contributed by atoms with Gasteiger partial charge in [0, 0.05) is 22.3 Å². The molecule has 0 heterocycles. The summed E-state index contributed by atoms with van der Waals surface area (Å²) in [6, 6.07) is 8.83. The van der Waals surface area contributed by atoms with Crippen LogP contribution >= 0.6 is 11.6 Å². The molecule has 0 radical (unpaired) electrons. The van der Waals surface area contributed by atoms with Gasteiger partial charge < -0.3 is 11.1 Å². The quantitative estimate of drug-likeness (QED) is 0.516. The predicted molar refractivity (Wildman–Crippen MR) is 81.7 cm³/mol. The molecule has 108 valence electrons. The molecule has 7 heteroatoms. The van der Waals surface area contributed by atoms with E-state index in [4.69, 9.17) is 17.3 Å². The molecule has 6 nitrogen and oxygen atoms in total. The summed E-state index contributed by atoms with van der Waals surface area (Å²) in [5.41, 5.74) is 7.21. The lowest BCUT2D eigenvalue weighted by Crippen LogP contribution is -2.13. The largest absolute Gasteiger partial charge is 0.399 e. The Morgan fingerprint density at radius 1 is 1.29 bits per heavy atom. The van der Waals surface area contributed by atoms with Gasteiger partial charge in [-0.25, -0.2) is 0 Å². The van der Waals surface area contributed by atoms with Crippen LogP contribution in [0.4, 0.5) is 17.1 Å². The van der Waals surface area contributed by atoms with Crippen molar-refractivity contribution in [3.63, 3.8) is 0 Å². The molecule has 0 fully saturated rings. The second-order valence-electron chi connectivity index (χ2n) is 4.44. The molecule has 0 saturated heterocycles. The number of benzene rings is 2. The number of nitrogens with one attached hydrogen (secondary N) is 1. The zero-order chi connectivity index (χ0) is 15.6. The number of nitrogen functional groups attached to an aromatic ring is 1. The second-order valence-corrected chi connectivity index (χ2v) is 4.88. The number of anilines is 2. The molecule has 0 aliphatic heterocycles. The topological polar surface area (TPSA) is 98.3 Å². The third-order valence-electron chi connectivity index (χ3n) is 2.94. The van der Waals surface area contributed by atoms with Gasteiger partial charge in [-0.15, -0.1) is 0 Å². The lowest BCUT2D eigenvalue weighted by atomic mass is 10.1. The summed E-state index contributed by atoms with van der Waals surface area (Å²) < 4.78 is 0. The van der Waals surface area contributed by atoms with E-state index in [1.54, 1.807) is 25.1 Å². The number of nitrogens with zero attached hydrogens (tertiary/aromatic N) is 1. The molecule has 1 amide bonds. The summed E-state index contributed by atoms with van der Waals surface area (Å²) in [4.78, 5) is 22.5. The summed E-state index contributed by atoms with van der Waals surface area (Å²) in [6.07, 6.45) is 0. The molecule has 0 saturated carbocycles. The fourth-order valence-corrected chi connectivity index (χ4v) is 1.94. The monoisotopic (exact) mass is 305 g/mol.